The van der Waals surface area contributed by atoms with E-state index < -0.39 is 21.2 Å². The van der Waals surface area contributed by atoms with Crippen LogP contribution in [0.25, 0.3) is 5.69 Å². The summed E-state index contributed by atoms with van der Waals surface area (Å²) in [6.45, 7) is 0. The fourth-order valence-electron chi connectivity index (χ4n) is 2.31. The highest BCUT2D eigenvalue weighted by Crippen LogP contribution is 2.30. The predicted octanol–water partition coefficient (Wildman–Crippen LogP) is 2.78. The Morgan fingerprint density at radius 2 is 1.46 bits per heavy atom. The van der Waals surface area contributed by atoms with Gasteiger partial charge in [0.2, 0.25) is 0 Å². The van der Waals surface area contributed by atoms with Crippen molar-refractivity contribution < 1.29 is 14.6 Å². The molecule has 0 aliphatic rings. The van der Waals surface area contributed by atoms with Crippen LogP contribution >= 0.6 is 0 Å². The molecule has 0 atom stereocenters. The van der Waals surface area contributed by atoms with Gasteiger partial charge in [-0.05, 0) is 24.3 Å². The third-order valence-electron chi connectivity index (χ3n) is 3.60. The molecule has 132 valence electrons. The van der Waals surface area contributed by atoms with Crippen LogP contribution < -0.4 is 10.4 Å². The van der Waals surface area contributed by atoms with Gasteiger partial charge in [0.15, 0.2) is 0 Å². The van der Waals surface area contributed by atoms with E-state index in [1.54, 1.807) is 43.7 Å². The summed E-state index contributed by atoms with van der Waals surface area (Å²) in [4.78, 5) is 32.3. The summed E-state index contributed by atoms with van der Waals surface area (Å²) in [6, 6.07) is 9.42. The number of aryl methyl sites for hydroxylation is 1. The first-order chi connectivity index (χ1) is 12.3. The maximum Gasteiger partial charge on any atom is 0.332 e. The molecule has 0 aliphatic heterocycles. The molecule has 0 saturated carbocycles. The Morgan fingerprint density at radius 1 is 0.885 bits per heavy atom. The number of imidazole rings is 1. The van der Waals surface area contributed by atoms with E-state index in [9.17, 15) is 25.0 Å². The third-order valence-corrected chi connectivity index (χ3v) is 3.60. The van der Waals surface area contributed by atoms with Crippen LogP contribution in [0.3, 0.4) is 0 Å². The lowest BCUT2D eigenvalue weighted by molar-refractivity contribution is -0.394. The summed E-state index contributed by atoms with van der Waals surface area (Å²) in [6.07, 6.45) is 3.23. The average Bonchev–Trinajstić information content (AvgIpc) is 2.94. The van der Waals surface area contributed by atoms with Crippen molar-refractivity contribution in [2.24, 2.45) is 7.05 Å². The number of rotatable bonds is 5. The lowest BCUT2D eigenvalue weighted by atomic mass is 10.2. The first kappa shape index (κ1) is 16.9. The first-order valence-electron chi connectivity index (χ1n) is 7.31. The van der Waals surface area contributed by atoms with Crippen molar-refractivity contribution in [1.29, 1.82) is 0 Å². The van der Waals surface area contributed by atoms with E-state index in [4.69, 9.17) is 4.74 Å². The highest BCUT2D eigenvalue weighted by atomic mass is 16.6. The quantitative estimate of drug-likeness (QED) is 0.511. The van der Waals surface area contributed by atoms with Crippen LogP contribution in [-0.2, 0) is 7.05 Å². The van der Waals surface area contributed by atoms with E-state index in [2.05, 4.69) is 0 Å². The molecule has 0 radical (unpaired) electrons. The summed E-state index contributed by atoms with van der Waals surface area (Å²) in [5, 5.41) is 21.8. The van der Waals surface area contributed by atoms with Gasteiger partial charge in [-0.1, -0.05) is 0 Å². The molecule has 0 unspecified atom stereocenters. The molecule has 0 bridgehead atoms. The molecule has 3 aromatic rings. The molecule has 0 fully saturated rings. The van der Waals surface area contributed by atoms with Crippen molar-refractivity contribution in [3.05, 3.63) is 85.6 Å². The molecule has 0 spiro atoms. The molecule has 0 amide bonds. The van der Waals surface area contributed by atoms with Crippen LogP contribution in [0, 0.1) is 20.2 Å². The lowest BCUT2D eigenvalue weighted by Gasteiger charge is -2.07. The number of hydrogen-bond acceptors (Lipinski definition) is 6. The molecule has 3 rings (SSSR count). The van der Waals surface area contributed by atoms with Crippen LogP contribution in [0.15, 0.2) is 59.7 Å². The van der Waals surface area contributed by atoms with Gasteiger partial charge in [-0.15, -0.1) is 0 Å². The van der Waals surface area contributed by atoms with Crippen LogP contribution in [0.4, 0.5) is 11.4 Å². The van der Waals surface area contributed by atoms with E-state index in [1.165, 1.54) is 9.13 Å². The Labute approximate surface area is 145 Å². The Bertz CT molecular complexity index is 1020. The predicted molar refractivity (Wildman–Crippen MR) is 90.8 cm³/mol. The fraction of sp³-hybridized carbons (Fsp3) is 0.0625. The van der Waals surface area contributed by atoms with E-state index in [1.807, 2.05) is 0 Å². The van der Waals surface area contributed by atoms with Crippen LogP contribution in [0.2, 0.25) is 0 Å². The zero-order valence-electron chi connectivity index (χ0n) is 13.4. The monoisotopic (exact) mass is 356 g/mol. The lowest BCUT2D eigenvalue weighted by Crippen LogP contribution is -2.20. The summed E-state index contributed by atoms with van der Waals surface area (Å²) in [5.74, 6) is 0.281. The first-order valence-corrected chi connectivity index (χ1v) is 7.31. The largest absolute Gasteiger partial charge is 0.457 e. The van der Waals surface area contributed by atoms with Crippen LogP contribution in [-0.4, -0.2) is 19.0 Å². The number of non-ortho nitro benzene ring substituents is 2. The highest BCUT2D eigenvalue weighted by molar-refractivity contribution is 5.51. The van der Waals surface area contributed by atoms with Gasteiger partial charge in [0, 0.05) is 19.4 Å². The Kier molecular flexibility index (Phi) is 4.23. The average molecular weight is 356 g/mol. The molecule has 1 heterocycles. The topological polar surface area (TPSA) is 122 Å². The third kappa shape index (κ3) is 3.29. The van der Waals surface area contributed by atoms with Gasteiger partial charge in [-0.25, -0.2) is 4.79 Å². The van der Waals surface area contributed by atoms with Crippen LogP contribution in [0.5, 0.6) is 11.5 Å². The number of aromatic nitrogens is 2. The molecule has 0 N–H and O–H groups in total. The van der Waals surface area contributed by atoms with E-state index in [0.717, 1.165) is 18.2 Å². The molecule has 0 aliphatic carbocycles. The minimum Gasteiger partial charge on any atom is -0.457 e. The second-order valence-electron chi connectivity index (χ2n) is 5.36. The minimum atomic E-state index is -0.731. The Hall–Kier alpha value is -3.95. The number of ether oxygens (including phenoxy) is 1. The van der Waals surface area contributed by atoms with Crippen molar-refractivity contribution in [2.45, 2.75) is 0 Å². The molecule has 2 aromatic carbocycles. The van der Waals surface area contributed by atoms with Crippen molar-refractivity contribution in [2.75, 3.05) is 0 Å². The van der Waals surface area contributed by atoms with E-state index in [0.29, 0.717) is 11.4 Å². The Balaban J connectivity index is 1.89. The zero-order valence-corrected chi connectivity index (χ0v) is 13.4. The molecule has 0 saturated heterocycles. The van der Waals surface area contributed by atoms with Gasteiger partial charge in [-0.3, -0.25) is 24.8 Å². The van der Waals surface area contributed by atoms with Gasteiger partial charge in [0.1, 0.15) is 11.5 Å². The van der Waals surface area contributed by atoms with Crippen molar-refractivity contribution in [3.63, 3.8) is 0 Å². The summed E-state index contributed by atoms with van der Waals surface area (Å²) in [5.41, 5.74) is -0.496. The number of nitro benzene ring substituents is 2. The number of benzene rings is 2. The standard InChI is InChI=1S/C16H12N4O6/c1-17-6-7-18(16(17)21)11-2-4-14(5-3-11)26-15-9-12(19(22)23)8-13(10-15)20(24)25/h2-10H,1H3. The van der Waals surface area contributed by atoms with Gasteiger partial charge < -0.3 is 9.30 Å². The van der Waals surface area contributed by atoms with Gasteiger partial charge in [0.05, 0.1) is 33.7 Å². The molecular formula is C16H12N4O6. The fourth-order valence-corrected chi connectivity index (χ4v) is 2.31. The number of nitro groups is 2. The molecule has 1 aromatic heterocycles. The SMILES string of the molecule is Cn1ccn(-c2ccc(Oc3cc([N+](=O)[O-])cc([N+](=O)[O-])c3)cc2)c1=O. The van der Waals surface area contributed by atoms with Gasteiger partial charge >= 0.3 is 5.69 Å². The number of nitrogens with zero attached hydrogens (tertiary/aromatic N) is 4. The molecule has 26 heavy (non-hydrogen) atoms. The normalized spacial score (nSPS) is 10.5. The molecule has 10 nitrogen and oxygen atoms in total. The minimum absolute atomic E-state index is 0.0319. The van der Waals surface area contributed by atoms with E-state index >= 15 is 0 Å². The van der Waals surface area contributed by atoms with Gasteiger partial charge in [0.25, 0.3) is 11.4 Å². The maximum atomic E-state index is 11.9. The molecular weight excluding hydrogens is 344 g/mol. The smallest absolute Gasteiger partial charge is 0.332 e. The Morgan fingerprint density at radius 3 is 1.92 bits per heavy atom. The zero-order chi connectivity index (χ0) is 18.8. The van der Waals surface area contributed by atoms with Crippen molar-refractivity contribution >= 4 is 11.4 Å². The van der Waals surface area contributed by atoms with E-state index in [-0.39, 0.29) is 11.4 Å². The summed E-state index contributed by atoms with van der Waals surface area (Å²) >= 11 is 0. The second-order valence-corrected chi connectivity index (χ2v) is 5.36. The van der Waals surface area contributed by atoms with Crippen molar-refractivity contribution in [3.8, 4) is 17.2 Å². The van der Waals surface area contributed by atoms with Crippen LogP contribution in [0.1, 0.15) is 0 Å². The number of hydrogen-bond donors (Lipinski definition) is 0. The maximum absolute atomic E-state index is 11.9. The highest BCUT2D eigenvalue weighted by Gasteiger charge is 2.17. The molecule has 10 heteroatoms. The summed E-state index contributed by atoms with van der Waals surface area (Å²) in [7, 11) is 1.63. The summed E-state index contributed by atoms with van der Waals surface area (Å²) < 4.78 is 8.34. The van der Waals surface area contributed by atoms with Gasteiger partial charge in [-0.2, -0.15) is 0 Å². The second kappa shape index (κ2) is 6.51. The van der Waals surface area contributed by atoms with Crippen molar-refractivity contribution in [1.82, 2.24) is 9.13 Å².